The molecule has 2 heterocycles. The van der Waals surface area contributed by atoms with Crippen LogP contribution in [0, 0.1) is 5.92 Å². The normalized spacial score (nSPS) is 17.1. The summed E-state index contributed by atoms with van der Waals surface area (Å²) in [4.78, 5) is 15.5. The molecule has 8 nitrogen and oxygen atoms in total. The Morgan fingerprint density at radius 2 is 1.76 bits per heavy atom. The molecule has 2 aromatic rings. The predicted octanol–water partition coefficient (Wildman–Crippen LogP) is 3.11. The number of rotatable bonds is 7. The summed E-state index contributed by atoms with van der Waals surface area (Å²) in [5.74, 6) is 1.24. The maximum atomic E-state index is 13.0. The lowest BCUT2D eigenvalue weighted by Crippen LogP contribution is -2.45. The molecule has 2 aliphatic rings. The van der Waals surface area contributed by atoms with Crippen molar-refractivity contribution in [2.75, 3.05) is 37.6 Å². The van der Waals surface area contributed by atoms with E-state index in [1.54, 1.807) is 30.3 Å². The highest BCUT2D eigenvalue weighted by Gasteiger charge is 2.24. The molecule has 2 N–H and O–H groups in total. The minimum absolute atomic E-state index is 0.0412. The Bertz CT molecular complexity index is 1100. The summed E-state index contributed by atoms with van der Waals surface area (Å²) in [6.45, 7) is 8.15. The maximum absolute atomic E-state index is 13.0. The Hall–Kier alpha value is -2.78. The van der Waals surface area contributed by atoms with Crippen molar-refractivity contribution >= 4 is 21.6 Å². The van der Waals surface area contributed by atoms with Gasteiger partial charge in [-0.1, -0.05) is 26.0 Å². The number of ether oxygens (including phenoxy) is 2. The van der Waals surface area contributed by atoms with E-state index in [0.29, 0.717) is 36.2 Å². The Labute approximate surface area is 195 Å². The zero-order valence-electron chi connectivity index (χ0n) is 19.0. The second-order valence-electron chi connectivity index (χ2n) is 8.90. The highest BCUT2D eigenvalue weighted by atomic mass is 32.2. The predicted molar refractivity (Wildman–Crippen MR) is 126 cm³/mol. The molecule has 1 amide bonds. The lowest BCUT2D eigenvalue weighted by Gasteiger charge is -2.33. The van der Waals surface area contributed by atoms with Crippen LogP contribution in [0.4, 0.5) is 5.69 Å². The number of carbonyl (C=O) groups is 1. The lowest BCUT2D eigenvalue weighted by atomic mass is 10.0. The van der Waals surface area contributed by atoms with E-state index in [0.717, 1.165) is 32.5 Å². The molecular weight excluding hydrogens is 442 g/mol. The summed E-state index contributed by atoms with van der Waals surface area (Å²) in [5, 5.41) is 3.08. The number of para-hydroxylation sites is 1. The van der Waals surface area contributed by atoms with Crippen molar-refractivity contribution in [3.8, 4) is 11.5 Å². The van der Waals surface area contributed by atoms with Crippen molar-refractivity contribution in [2.45, 2.75) is 37.6 Å². The van der Waals surface area contributed by atoms with E-state index in [1.165, 1.54) is 12.1 Å². The molecule has 0 atom stereocenters. The van der Waals surface area contributed by atoms with E-state index >= 15 is 0 Å². The highest BCUT2D eigenvalue weighted by Crippen LogP contribution is 2.33. The third-order valence-electron chi connectivity index (χ3n) is 5.79. The second-order valence-corrected chi connectivity index (χ2v) is 10.6. The molecule has 178 valence electrons. The van der Waals surface area contributed by atoms with Crippen LogP contribution >= 0.6 is 0 Å². The standard InChI is InChI=1S/C24H31N3O5S/c1-17(2)16-27-11-9-18(10-12-27)25-24(28)20-5-3-4-6-21(20)26-33(29,30)19-7-8-22-23(15-19)32-14-13-31-22/h3-8,15,17-18,26H,9-14,16H2,1-2H3,(H,25,28). The molecule has 1 saturated heterocycles. The molecule has 0 aliphatic carbocycles. The van der Waals surface area contributed by atoms with Gasteiger partial charge in [-0.3, -0.25) is 9.52 Å². The van der Waals surface area contributed by atoms with Crippen LogP contribution in [-0.2, 0) is 10.0 Å². The number of carbonyl (C=O) groups excluding carboxylic acids is 1. The van der Waals surface area contributed by atoms with Gasteiger partial charge in [-0.05, 0) is 43.0 Å². The topological polar surface area (TPSA) is 97.0 Å². The highest BCUT2D eigenvalue weighted by molar-refractivity contribution is 7.92. The van der Waals surface area contributed by atoms with Crippen molar-refractivity contribution in [2.24, 2.45) is 5.92 Å². The summed E-state index contributed by atoms with van der Waals surface area (Å²) in [7, 11) is -3.93. The molecule has 2 aromatic carbocycles. The number of anilines is 1. The molecule has 4 rings (SSSR count). The van der Waals surface area contributed by atoms with Crippen molar-refractivity contribution in [1.29, 1.82) is 0 Å². The fourth-order valence-corrected chi connectivity index (χ4v) is 5.30. The number of nitrogens with one attached hydrogen (secondary N) is 2. The number of benzene rings is 2. The number of hydrogen-bond acceptors (Lipinski definition) is 6. The number of piperidine rings is 1. The smallest absolute Gasteiger partial charge is 0.262 e. The number of sulfonamides is 1. The first-order chi connectivity index (χ1) is 15.8. The van der Waals surface area contributed by atoms with Gasteiger partial charge in [-0.2, -0.15) is 0 Å². The van der Waals surface area contributed by atoms with Crippen LogP contribution in [-0.4, -0.2) is 58.1 Å². The van der Waals surface area contributed by atoms with E-state index in [4.69, 9.17) is 9.47 Å². The second kappa shape index (κ2) is 10.0. The lowest BCUT2D eigenvalue weighted by molar-refractivity contribution is 0.0908. The minimum Gasteiger partial charge on any atom is -0.486 e. The van der Waals surface area contributed by atoms with Gasteiger partial charge in [0.05, 0.1) is 16.1 Å². The summed E-state index contributed by atoms with van der Waals surface area (Å²) in [6.07, 6.45) is 1.76. The van der Waals surface area contributed by atoms with Crippen molar-refractivity contribution in [3.05, 3.63) is 48.0 Å². The molecule has 0 spiro atoms. The van der Waals surface area contributed by atoms with Crippen LogP contribution in [0.1, 0.15) is 37.0 Å². The fourth-order valence-electron chi connectivity index (χ4n) is 4.20. The maximum Gasteiger partial charge on any atom is 0.262 e. The monoisotopic (exact) mass is 473 g/mol. The van der Waals surface area contributed by atoms with Crippen LogP contribution in [0.2, 0.25) is 0 Å². The number of hydrogen-bond donors (Lipinski definition) is 2. The molecule has 0 unspecified atom stereocenters. The van der Waals surface area contributed by atoms with Gasteiger partial charge in [-0.15, -0.1) is 0 Å². The third-order valence-corrected chi connectivity index (χ3v) is 7.15. The van der Waals surface area contributed by atoms with Crippen LogP contribution < -0.4 is 19.5 Å². The molecule has 0 saturated carbocycles. The van der Waals surface area contributed by atoms with E-state index in [9.17, 15) is 13.2 Å². The van der Waals surface area contributed by atoms with E-state index < -0.39 is 10.0 Å². The molecule has 0 aromatic heterocycles. The van der Waals surface area contributed by atoms with E-state index in [1.807, 2.05) is 0 Å². The molecule has 1 fully saturated rings. The number of nitrogens with zero attached hydrogens (tertiary/aromatic N) is 1. The molecule has 9 heteroatoms. The van der Waals surface area contributed by atoms with Crippen molar-refractivity contribution in [3.63, 3.8) is 0 Å². The van der Waals surface area contributed by atoms with Gasteiger partial charge < -0.3 is 19.7 Å². The fraction of sp³-hybridized carbons (Fsp3) is 0.458. The van der Waals surface area contributed by atoms with Crippen molar-refractivity contribution in [1.82, 2.24) is 10.2 Å². The molecule has 2 aliphatic heterocycles. The SMILES string of the molecule is CC(C)CN1CCC(NC(=O)c2ccccc2NS(=O)(=O)c2ccc3c(c2)OCCO3)CC1. The zero-order chi connectivity index (χ0) is 23.4. The first-order valence-corrected chi connectivity index (χ1v) is 12.8. The molecule has 0 radical (unpaired) electrons. The first kappa shape index (κ1) is 23.4. The van der Waals surface area contributed by atoms with Gasteiger partial charge in [0.2, 0.25) is 0 Å². The Balaban J connectivity index is 1.44. The summed E-state index contributed by atoms with van der Waals surface area (Å²) < 4.78 is 39.6. The summed E-state index contributed by atoms with van der Waals surface area (Å²) in [6, 6.07) is 11.2. The third kappa shape index (κ3) is 5.78. The molecular formula is C24H31N3O5S. The van der Waals surface area contributed by atoms with Gasteiger partial charge in [0.25, 0.3) is 15.9 Å². The Morgan fingerprint density at radius 3 is 2.48 bits per heavy atom. The number of amides is 1. The first-order valence-electron chi connectivity index (χ1n) is 11.4. The van der Waals surface area contributed by atoms with Crippen LogP contribution in [0.5, 0.6) is 11.5 Å². The summed E-state index contributed by atoms with van der Waals surface area (Å²) in [5.41, 5.74) is 0.533. The van der Waals surface area contributed by atoms with E-state index in [-0.39, 0.29) is 22.5 Å². The van der Waals surface area contributed by atoms with Gasteiger partial charge in [-0.25, -0.2) is 8.42 Å². The minimum atomic E-state index is -3.93. The van der Waals surface area contributed by atoms with Gasteiger partial charge >= 0.3 is 0 Å². The summed E-state index contributed by atoms with van der Waals surface area (Å²) >= 11 is 0. The zero-order valence-corrected chi connectivity index (χ0v) is 19.9. The Kier molecular flexibility index (Phi) is 7.09. The largest absolute Gasteiger partial charge is 0.486 e. The number of fused-ring (bicyclic) bond motifs is 1. The van der Waals surface area contributed by atoms with Gasteiger partial charge in [0.15, 0.2) is 11.5 Å². The molecule has 0 bridgehead atoms. The average Bonchev–Trinajstić information content (AvgIpc) is 2.80. The van der Waals surface area contributed by atoms with Gasteiger partial charge in [0, 0.05) is 31.7 Å². The van der Waals surface area contributed by atoms with Crippen LogP contribution in [0.15, 0.2) is 47.4 Å². The van der Waals surface area contributed by atoms with Crippen molar-refractivity contribution < 1.29 is 22.7 Å². The Morgan fingerprint density at radius 1 is 1.06 bits per heavy atom. The number of likely N-dealkylation sites (tertiary alicyclic amines) is 1. The molecule has 33 heavy (non-hydrogen) atoms. The van der Waals surface area contributed by atoms with Gasteiger partial charge in [0.1, 0.15) is 13.2 Å². The van der Waals surface area contributed by atoms with Crippen LogP contribution in [0.3, 0.4) is 0 Å². The quantitative estimate of drug-likeness (QED) is 0.641. The average molecular weight is 474 g/mol. The van der Waals surface area contributed by atoms with E-state index in [2.05, 4.69) is 28.8 Å². The van der Waals surface area contributed by atoms with Crippen LogP contribution in [0.25, 0.3) is 0 Å².